The van der Waals surface area contributed by atoms with Gasteiger partial charge in [0.05, 0.1) is 22.1 Å². The number of nitrogens with zero attached hydrogens (tertiary/aromatic N) is 2. The highest BCUT2D eigenvalue weighted by molar-refractivity contribution is 6.33. The van der Waals surface area contributed by atoms with Gasteiger partial charge < -0.3 is 9.84 Å². The average molecular weight is 282 g/mol. The number of hydrogen-bond donors (Lipinski definition) is 1. The molecule has 1 amide bonds. The van der Waals surface area contributed by atoms with E-state index in [0.29, 0.717) is 5.69 Å². The third-order valence-corrected chi connectivity index (χ3v) is 2.66. The van der Waals surface area contributed by atoms with Crippen molar-refractivity contribution in [2.24, 2.45) is 0 Å². The zero-order chi connectivity index (χ0) is 13.8. The predicted molar refractivity (Wildman–Crippen MR) is 65.8 cm³/mol. The lowest BCUT2D eigenvalue weighted by atomic mass is 10.2. The van der Waals surface area contributed by atoms with Gasteiger partial charge in [-0.2, -0.15) is 0 Å². The van der Waals surface area contributed by atoms with E-state index in [2.05, 4.69) is 15.0 Å². The number of benzene rings is 1. The van der Waals surface area contributed by atoms with Gasteiger partial charge >= 0.3 is 0 Å². The lowest BCUT2D eigenvalue weighted by Gasteiger charge is -2.04. The lowest BCUT2D eigenvalue weighted by molar-refractivity contribution is -0.384. The van der Waals surface area contributed by atoms with E-state index in [-0.39, 0.29) is 22.8 Å². The van der Waals surface area contributed by atoms with E-state index in [0.717, 1.165) is 6.07 Å². The van der Waals surface area contributed by atoms with E-state index in [1.807, 2.05) is 0 Å². The fourth-order valence-corrected chi connectivity index (χ4v) is 1.60. The molecule has 0 saturated heterocycles. The van der Waals surface area contributed by atoms with E-state index in [1.54, 1.807) is 6.07 Å². The van der Waals surface area contributed by atoms with Crippen molar-refractivity contribution in [2.45, 2.75) is 6.54 Å². The van der Waals surface area contributed by atoms with Gasteiger partial charge in [0.15, 0.2) is 0 Å². The molecule has 0 bridgehead atoms. The number of hydrogen-bond acceptors (Lipinski definition) is 5. The summed E-state index contributed by atoms with van der Waals surface area (Å²) in [6, 6.07) is 5.26. The van der Waals surface area contributed by atoms with Crippen LogP contribution in [0.4, 0.5) is 5.69 Å². The number of carbonyl (C=O) groups is 1. The monoisotopic (exact) mass is 281 g/mol. The molecule has 0 aliphatic carbocycles. The van der Waals surface area contributed by atoms with Gasteiger partial charge in [0.25, 0.3) is 11.6 Å². The quantitative estimate of drug-likeness (QED) is 0.684. The van der Waals surface area contributed by atoms with Crippen molar-refractivity contribution in [3.63, 3.8) is 0 Å². The molecule has 7 nitrogen and oxygen atoms in total. The maximum Gasteiger partial charge on any atom is 0.270 e. The minimum Gasteiger partial charge on any atom is -0.364 e. The minimum absolute atomic E-state index is 0.0411. The molecule has 8 heteroatoms. The number of aromatic nitrogens is 1. The Hall–Kier alpha value is -2.41. The highest BCUT2D eigenvalue weighted by atomic mass is 35.5. The summed E-state index contributed by atoms with van der Waals surface area (Å²) in [6.07, 6.45) is 1.38. The molecule has 0 saturated carbocycles. The first-order valence-electron chi connectivity index (χ1n) is 5.19. The Balaban J connectivity index is 2.14. The molecule has 98 valence electrons. The standard InChI is InChI=1S/C11H8ClN3O4/c12-10-2-1-8(15(17)18)5-9(10)11(16)13-6-7-3-4-19-14-7/h1-5H,6H2,(H,13,16). The highest BCUT2D eigenvalue weighted by Gasteiger charge is 2.15. The average Bonchev–Trinajstić information content (AvgIpc) is 2.89. The first kappa shape index (κ1) is 13.0. The Bertz CT molecular complexity index is 612. The number of amides is 1. The van der Waals surface area contributed by atoms with Gasteiger partial charge in [-0.3, -0.25) is 14.9 Å². The smallest absolute Gasteiger partial charge is 0.270 e. The maximum atomic E-state index is 11.9. The van der Waals surface area contributed by atoms with E-state index in [4.69, 9.17) is 11.6 Å². The Morgan fingerprint density at radius 1 is 1.47 bits per heavy atom. The number of halogens is 1. The molecule has 1 aromatic carbocycles. The first-order valence-corrected chi connectivity index (χ1v) is 5.57. The highest BCUT2D eigenvalue weighted by Crippen LogP contribution is 2.21. The van der Waals surface area contributed by atoms with Crippen LogP contribution in [0.1, 0.15) is 16.1 Å². The summed E-state index contributed by atoms with van der Waals surface area (Å²) in [4.78, 5) is 21.9. The van der Waals surface area contributed by atoms with Crippen molar-refractivity contribution in [2.75, 3.05) is 0 Å². The lowest BCUT2D eigenvalue weighted by Crippen LogP contribution is -2.23. The summed E-state index contributed by atoms with van der Waals surface area (Å²) in [5.74, 6) is -0.517. The molecular formula is C11H8ClN3O4. The topological polar surface area (TPSA) is 98.3 Å². The van der Waals surface area contributed by atoms with Crippen LogP contribution in [0, 0.1) is 10.1 Å². The van der Waals surface area contributed by atoms with Gasteiger partial charge in [-0.05, 0) is 6.07 Å². The normalized spacial score (nSPS) is 10.2. The van der Waals surface area contributed by atoms with Gasteiger partial charge in [-0.25, -0.2) is 0 Å². The summed E-state index contributed by atoms with van der Waals surface area (Å²) in [5, 5.41) is 16.9. The van der Waals surface area contributed by atoms with Gasteiger partial charge in [0, 0.05) is 18.2 Å². The zero-order valence-corrected chi connectivity index (χ0v) is 10.3. The summed E-state index contributed by atoms with van der Waals surface area (Å²) in [7, 11) is 0. The molecular weight excluding hydrogens is 274 g/mol. The van der Waals surface area contributed by atoms with E-state index < -0.39 is 10.8 Å². The number of nitrogens with one attached hydrogen (secondary N) is 1. The van der Waals surface area contributed by atoms with Crippen molar-refractivity contribution in [3.05, 3.63) is 56.9 Å². The molecule has 0 aliphatic heterocycles. The molecule has 1 heterocycles. The number of non-ortho nitro benzene ring substituents is 1. The van der Waals surface area contributed by atoms with Crippen LogP contribution in [-0.2, 0) is 6.54 Å². The zero-order valence-electron chi connectivity index (χ0n) is 9.50. The number of rotatable bonds is 4. The number of nitro benzene ring substituents is 1. The first-order chi connectivity index (χ1) is 9.08. The SMILES string of the molecule is O=C(NCc1ccon1)c1cc([N+](=O)[O-])ccc1Cl. The predicted octanol–water partition coefficient (Wildman–Crippen LogP) is 2.17. The molecule has 2 aromatic rings. The fourth-order valence-electron chi connectivity index (χ4n) is 1.40. The second kappa shape index (κ2) is 5.49. The Morgan fingerprint density at radius 2 is 2.26 bits per heavy atom. The van der Waals surface area contributed by atoms with Crippen LogP contribution >= 0.6 is 11.6 Å². The summed E-state index contributed by atoms with van der Waals surface area (Å²) in [5.41, 5.74) is 0.380. The molecule has 19 heavy (non-hydrogen) atoms. The van der Waals surface area contributed by atoms with Crippen LogP contribution in [-0.4, -0.2) is 16.0 Å². The van der Waals surface area contributed by atoms with Gasteiger partial charge in [0.1, 0.15) is 12.0 Å². The van der Waals surface area contributed by atoms with Crippen LogP contribution in [0.25, 0.3) is 0 Å². The molecule has 0 radical (unpaired) electrons. The van der Waals surface area contributed by atoms with E-state index >= 15 is 0 Å². The third kappa shape index (κ3) is 3.08. The van der Waals surface area contributed by atoms with Crippen LogP contribution in [0.15, 0.2) is 35.1 Å². The number of nitro groups is 1. The molecule has 0 aliphatic rings. The Labute approximate surface area is 112 Å². The molecule has 2 rings (SSSR count). The Morgan fingerprint density at radius 3 is 2.89 bits per heavy atom. The maximum absolute atomic E-state index is 11.9. The third-order valence-electron chi connectivity index (χ3n) is 2.33. The van der Waals surface area contributed by atoms with Crippen molar-refractivity contribution < 1.29 is 14.2 Å². The second-order valence-electron chi connectivity index (χ2n) is 3.59. The van der Waals surface area contributed by atoms with Crippen molar-refractivity contribution in [3.8, 4) is 0 Å². The van der Waals surface area contributed by atoms with Crippen LogP contribution < -0.4 is 5.32 Å². The largest absolute Gasteiger partial charge is 0.364 e. The van der Waals surface area contributed by atoms with Crippen LogP contribution in [0.5, 0.6) is 0 Å². The van der Waals surface area contributed by atoms with E-state index in [9.17, 15) is 14.9 Å². The van der Waals surface area contributed by atoms with Gasteiger partial charge in [-0.1, -0.05) is 16.8 Å². The van der Waals surface area contributed by atoms with E-state index in [1.165, 1.54) is 18.4 Å². The summed E-state index contributed by atoms with van der Waals surface area (Å²) < 4.78 is 4.61. The summed E-state index contributed by atoms with van der Waals surface area (Å²) in [6.45, 7) is 0.147. The van der Waals surface area contributed by atoms with Crippen molar-refractivity contribution in [1.82, 2.24) is 10.5 Å². The van der Waals surface area contributed by atoms with Crippen molar-refractivity contribution in [1.29, 1.82) is 0 Å². The molecule has 1 N–H and O–H groups in total. The molecule has 0 atom stereocenters. The van der Waals surface area contributed by atoms with Crippen LogP contribution in [0.3, 0.4) is 0 Å². The Kier molecular flexibility index (Phi) is 3.76. The van der Waals surface area contributed by atoms with Gasteiger partial charge in [0.2, 0.25) is 0 Å². The second-order valence-corrected chi connectivity index (χ2v) is 4.00. The van der Waals surface area contributed by atoms with Crippen molar-refractivity contribution >= 4 is 23.2 Å². The summed E-state index contributed by atoms with van der Waals surface area (Å²) >= 11 is 5.84. The molecule has 0 spiro atoms. The fraction of sp³-hybridized carbons (Fsp3) is 0.0909. The molecule has 0 fully saturated rings. The molecule has 1 aromatic heterocycles. The van der Waals surface area contributed by atoms with Gasteiger partial charge in [-0.15, -0.1) is 0 Å². The molecule has 0 unspecified atom stereocenters. The number of carbonyl (C=O) groups excluding carboxylic acids is 1. The van der Waals surface area contributed by atoms with Crippen LogP contribution in [0.2, 0.25) is 5.02 Å². The minimum atomic E-state index is -0.593.